The molecular weight excluding hydrogens is 374 g/mol. The van der Waals surface area contributed by atoms with Crippen LogP contribution in [0, 0.1) is 6.92 Å². The van der Waals surface area contributed by atoms with E-state index in [4.69, 9.17) is 9.73 Å². The number of aliphatic hydroxyl groups excluding tert-OH is 1. The molecule has 1 saturated heterocycles. The Balaban J connectivity index is 1.75. The van der Waals surface area contributed by atoms with Crippen molar-refractivity contribution < 1.29 is 9.84 Å². The summed E-state index contributed by atoms with van der Waals surface area (Å²) in [5.74, 6) is 0.829. The molecule has 1 fully saturated rings. The van der Waals surface area contributed by atoms with Gasteiger partial charge in [0.2, 0.25) is 0 Å². The van der Waals surface area contributed by atoms with Gasteiger partial charge in [-0.3, -0.25) is 4.99 Å². The topological polar surface area (TPSA) is 65.9 Å². The van der Waals surface area contributed by atoms with Crippen molar-refractivity contribution in [3.05, 3.63) is 71.3 Å². The minimum atomic E-state index is 0.00174. The Morgan fingerprint density at radius 2 is 1.77 bits per heavy atom. The summed E-state index contributed by atoms with van der Waals surface area (Å²) >= 11 is 0. The van der Waals surface area contributed by atoms with Gasteiger partial charge < -0.3 is 20.5 Å². The zero-order valence-electron chi connectivity index (χ0n) is 18.2. The van der Waals surface area contributed by atoms with Crippen LogP contribution in [-0.2, 0) is 10.2 Å². The number of aryl methyl sites for hydroxylation is 1. The fourth-order valence-electron chi connectivity index (χ4n) is 4.25. The monoisotopic (exact) mass is 409 g/mol. The lowest BCUT2D eigenvalue weighted by Gasteiger charge is -2.37. The van der Waals surface area contributed by atoms with Gasteiger partial charge >= 0.3 is 0 Å². The molecule has 5 nitrogen and oxygen atoms in total. The molecule has 0 amide bonds. The van der Waals surface area contributed by atoms with Crippen molar-refractivity contribution in [2.24, 2.45) is 4.99 Å². The zero-order valence-corrected chi connectivity index (χ0v) is 18.2. The normalized spacial score (nSPS) is 17.4. The lowest BCUT2D eigenvalue weighted by Crippen LogP contribution is -2.42. The van der Waals surface area contributed by atoms with E-state index >= 15 is 0 Å². The van der Waals surface area contributed by atoms with Crippen molar-refractivity contribution in [2.45, 2.75) is 38.0 Å². The highest BCUT2D eigenvalue weighted by Gasteiger charge is 2.35. The number of aliphatic hydroxyl groups is 1. The number of hydrogen-bond donors (Lipinski definition) is 3. The standard InChI is InChI=1S/C25H35N3O2/c1-3-26-24(27-17-22(18-29)21-10-5-4-6-11-21)28-19-25(13-15-30-16-14-25)23-12-8-7-9-20(23)2/h4-12,22,29H,3,13-19H2,1-2H3,(H2,26,27,28). The molecule has 0 bridgehead atoms. The van der Waals surface area contributed by atoms with Gasteiger partial charge in [-0.2, -0.15) is 0 Å². The molecule has 0 aliphatic carbocycles. The van der Waals surface area contributed by atoms with Gasteiger partial charge in [0.1, 0.15) is 0 Å². The van der Waals surface area contributed by atoms with Crippen molar-refractivity contribution in [1.29, 1.82) is 0 Å². The van der Waals surface area contributed by atoms with Crippen LogP contribution < -0.4 is 10.6 Å². The zero-order chi connectivity index (χ0) is 21.2. The molecule has 1 atom stereocenters. The minimum Gasteiger partial charge on any atom is -0.396 e. The Morgan fingerprint density at radius 1 is 1.07 bits per heavy atom. The average molecular weight is 410 g/mol. The largest absolute Gasteiger partial charge is 0.396 e. The number of nitrogens with zero attached hydrogens (tertiary/aromatic N) is 1. The number of ether oxygens (including phenoxy) is 1. The van der Waals surface area contributed by atoms with E-state index in [1.807, 2.05) is 18.2 Å². The smallest absolute Gasteiger partial charge is 0.191 e. The van der Waals surface area contributed by atoms with E-state index in [0.29, 0.717) is 13.1 Å². The van der Waals surface area contributed by atoms with Crippen LogP contribution in [0.2, 0.25) is 0 Å². The van der Waals surface area contributed by atoms with E-state index in [1.165, 1.54) is 11.1 Å². The quantitative estimate of drug-likeness (QED) is 0.462. The fourth-order valence-corrected chi connectivity index (χ4v) is 4.25. The summed E-state index contributed by atoms with van der Waals surface area (Å²) in [4.78, 5) is 4.98. The molecule has 0 saturated carbocycles. The highest BCUT2D eigenvalue weighted by molar-refractivity contribution is 5.79. The van der Waals surface area contributed by atoms with Gasteiger partial charge in [0.15, 0.2) is 5.96 Å². The molecule has 3 N–H and O–H groups in total. The van der Waals surface area contributed by atoms with Gasteiger partial charge in [0.05, 0.1) is 13.2 Å². The lowest BCUT2D eigenvalue weighted by molar-refractivity contribution is 0.0529. The Hall–Kier alpha value is -2.37. The average Bonchev–Trinajstić information content (AvgIpc) is 2.79. The van der Waals surface area contributed by atoms with Crippen molar-refractivity contribution in [1.82, 2.24) is 10.6 Å². The van der Waals surface area contributed by atoms with Gasteiger partial charge in [0, 0.05) is 37.6 Å². The molecule has 30 heavy (non-hydrogen) atoms. The molecule has 0 spiro atoms. The first-order chi connectivity index (χ1) is 14.7. The Morgan fingerprint density at radius 3 is 2.43 bits per heavy atom. The number of hydrogen-bond acceptors (Lipinski definition) is 3. The Kier molecular flexibility index (Phi) is 8.29. The molecule has 1 aliphatic rings. The van der Waals surface area contributed by atoms with Crippen LogP contribution in [0.25, 0.3) is 0 Å². The maximum Gasteiger partial charge on any atom is 0.191 e. The first-order valence-corrected chi connectivity index (χ1v) is 11.0. The summed E-state index contributed by atoms with van der Waals surface area (Å²) in [5.41, 5.74) is 3.83. The van der Waals surface area contributed by atoms with Gasteiger partial charge in [-0.05, 0) is 43.4 Å². The summed E-state index contributed by atoms with van der Waals surface area (Å²) in [5, 5.41) is 16.7. The van der Waals surface area contributed by atoms with Crippen molar-refractivity contribution in [2.75, 3.05) is 39.5 Å². The van der Waals surface area contributed by atoms with Gasteiger partial charge in [-0.25, -0.2) is 0 Å². The predicted octanol–water partition coefficient (Wildman–Crippen LogP) is 3.37. The van der Waals surface area contributed by atoms with E-state index in [-0.39, 0.29) is 17.9 Å². The van der Waals surface area contributed by atoms with Crippen LogP contribution in [0.15, 0.2) is 59.6 Å². The van der Waals surface area contributed by atoms with Crippen LogP contribution in [0.3, 0.4) is 0 Å². The van der Waals surface area contributed by atoms with Gasteiger partial charge in [0.25, 0.3) is 0 Å². The summed E-state index contributed by atoms with van der Waals surface area (Å²) < 4.78 is 5.68. The van der Waals surface area contributed by atoms with E-state index in [9.17, 15) is 5.11 Å². The molecular formula is C25H35N3O2. The number of rotatable bonds is 8. The highest BCUT2D eigenvalue weighted by atomic mass is 16.5. The van der Waals surface area contributed by atoms with Crippen molar-refractivity contribution >= 4 is 5.96 Å². The van der Waals surface area contributed by atoms with Crippen LogP contribution >= 0.6 is 0 Å². The highest BCUT2D eigenvalue weighted by Crippen LogP contribution is 2.37. The molecule has 2 aromatic rings. The van der Waals surface area contributed by atoms with E-state index < -0.39 is 0 Å². The Labute approximate surface area is 180 Å². The van der Waals surface area contributed by atoms with E-state index in [1.54, 1.807) is 0 Å². The summed E-state index contributed by atoms with van der Waals surface area (Å²) in [7, 11) is 0. The first kappa shape index (κ1) is 22.3. The number of guanidine groups is 1. The second-order valence-electron chi connectivity index (χ2n) is 8.07. The second-order valence-corrected chi connectivity index (χ2v) is 8.07. The summed E-state index contributed by atoms with van der Waals surface area (Å²) in [6.45, 7) is 8.04. The summed E-state index contributed by atoms with van der Waals surface area (Å²) in [6, 6.07) is 18.8. The van der Waals surface area contributed by atoms with Crippen LogP contribution in [0.5, 0.6) is 0 Å². The second kappa shape index (κ2) is 11.1. The number of benzene rings is 2. The number of aliphatic imine (C=N–C) groups is 1. The van der Waals surface area contributed by atoms with E-state index in [2.05, 4.69) is 60.9 Å². The lowest BCUT2D eigenvalue weighted by atomic mass is 9.72. The third-order valence-corrected chi connectivity index (χ3v) is 6.06. The molecule has 3 rings (SSSR count). The van der Waals surface area contributed by atoms with Gasteiger partial charge in [-0.1, -0.05) is 54.6 Å². The SMILES string of the molecule is CCNC(=NCC1(c2ccccc2C)CCOCC1)NCC(CO)c1ccccc1. The third-order valence-electron chi connectivity index (χ3n) is 6.06. The van der Waals surface area contributed by atoms with Crippen LogP contribution in [-0.4, -0.2) is 50.5 Å². The third kappa shape index (κ3) is 5.61. The maximum absolute atomic E-state index is 9.86. The maximum atomic E-state index is 9.86. The number of nitrogens with one attached hydrogen (secondary N) is 2. The molecule has 2 aromatic carbocycles. The molecule has 5 heteroatoms. The molecule has 0 radical (unpaired) electrons. The Bertz CT molecular complexity index is 801. The fraction of sp³-hybridized carbons (Fsp3) is 0.480. The van der Waals surface area contributed by atoms with Crippen molar-refractivity contribution in [3.8, 4) is 0 Å². The van der Waals surface area contributed by atoms with Crippen molar-refractivity contribution in [3.63, 3.8) is 0 Å². The predicted molar refractivity (Wildman–Crippen MR) is 123 cm³/mol. The van der Waals surface area contributed by atoms with Crippen LogP contribution in [0.4, 0.5) is 0 Å². The molecule has 1 unspecified atom stereocenters. The van der Waals surface area contributed by atoms with Crippen LogP contribution in [0.1, 0.15) is 42.4 Å². The van der Waals surface area contributed by atoms with E-state index in [0.717, 1.165) is 44.1 Å². The molecule has 1 heterocycles. The summed E-state index contributed by atoms with van der Waals surface area (Å²) in [6.07, 6.45) is 1.95. The molecule has 162 valence electrons. The molecule has 0 aromatic heterocycles. The first-order valence-electron chi connectivity index (χ1n) is 11.0. The molecule has 1 aliphatic heterocycles. The van der Waals surface area contributed by atoms with Gasteiger partial charge in [-0.15, -0.1) is 0 Å². The minimum absolute atomic E-state index is 0.00174.